The predicted molar refractivity (Wildman–Crippen MR) is 67.4 cm³/mol. The minimum atomic E-state index is -0.0632. The molecule has 5 heteroatoms. The first-order valence-electron chi connectivity index (χ1n) is 6.00. The van der Waals surface area contributed by atoms with Gasteiger partial charge in [0.25, 0.3) is 0 Å². The van der Waals surface area contributed by atoms with Gasteiger partial charge in [0.2, 0.25) is 5.91 Å². The van der Waals surface area contributed by atoms with Gasteiger partial charge in [-0.15, -0.1) is 0 Å². The lowest BCUT2D eigenvalue weighted by Gasteiger charge is -2.14. The Morgan fingerprint density at radius 2 is 2.29 bits per heavy atom. The number of rotatable bonds is 6. The Balaban J connectivity index is 2.23. The highest BCUT2D eigenvalue weighted by Crippen LogP contribution is 2.02. The molecule has 1 rings (SSSR count). The summed E-state index contributed by atoms with van der Waals surface area (Å²) in [7, 11) is 1.89. The molecule has 1 aromatic heterocycles. The number of aryl methyl sites for hydroxylation is 1. The monoisotopic (exact) mass is 238 g/mol. The topological polar surface area (TPSA) is 72.9 Å². The summed E-state index contributed by atoms with van der Waals surface area (Å²) in [6, 6.07) is 1.89. The van der Waals surface area contributed by atoms with Crippen molar-refractivity contribution in [1.82, 2.24) is 15.1 Å². The number of nitrogens with two attached hydrogens (primary N) is 1. The van der Waals surface area contributed by atoms with E-state index in [2.05, 4.69) is 10.4 Å². The molecular formula is C12H22N4O. The van der Waals surface area contributed by atoms with E-state index < -0.39 is 0 Å². The van der Waals surface area contributed by atoms with Gasteiger partial charge in [0.05, 0.1) is 0 Å². The molecule has 17 heavy (non-hydrogen) atoms. The van der Waals surface area contributed by atoms with Crippen LogP contribution in [0.15, 0.2) is 12.3 Å². The van der Waals surface area contributed by atoms with Gasteiger partial charge in [-0.3, -0.25) is 9.48 Å². The van der Waals surface area contributed by atoms with Crippen molar-refractivity contribution in [3.05, 3.63) is 18.0 Å². The van der Waals surface area contributed by atoms with Crippen LogP contribution in [0.25, 0.3) is 0 Å². The molecule has 0 fully saturated rings. The van der Waals surface area contributed by atoms with E-state index in [-0.39, 0.29) is 11.9 Å². The Morgan fingerprint density at radius 3 is 2.82 bits per heavy atom. The SMILES string of the molecule is CC(C)C(N)CC(=O)NCCc1ccnn1C. The zero-order chi connectivity index (χ0) is 12.8. The van der Waals surface area contributed by atoms with E-state index in [9.17, 15) is 4.79 Å². The third-order valence-corrected chi connectivity index (χ3v) is 2.90. The van der Waals surface area contributed by atoms with E-state index in [1.165, 1.54) is 0 Å². The molecule has 96 valence electrons. The summed E-state index contributed by atoms with van der Waals surface area (Å²) in [5.41, 5.74) is 6.94. The fraction of sp³-hybridized carbons (Fsp3) is 0.667. The molecule has 3 N–H and O–H groups in total. The van der Waals surface area contributed by atoms with Gasteiger partial charge < -0.3 is 11.1 Å². The van der Waals surface area contributed by atoms with Gasteiger partial charge in [0, 0.05) is 44.4 Å². The van der Waals surface area contributed by atoms with Gasteiger partial charge >= 0.3 is 0 Å². The molecule has 0 aliphatic carbocycles. The second-order valence-corrected chi connectivity index (χ2v) is 4.66. The third-order valence-electron chi connectivity index (χ3n) is 2.90. The Bertz CT molecular complexity index is 359. The second-order valence-electron chi connectivity index (χ2n) is 4.66. The largest absolute Gasteiger partial charge is 0.356 e. The first kappa shape index (κ1) is 13.7. The molecule has 0 radical (unpaired) electrons. The van der Waals surface area contributed by atoms with Crippen molar-refractivity contribution in [3.8, 4) is 0 Å². The number of hydrogen-bond donors (Lipinski definition) is 2. The first-order valence-corrected chi connectivity index (χ1v) is 6.00. The maximum atomic E-state index is 11.6. The van der Waals surface area contributed by atoms with Crippen LogP contribution in [0.5, 0.6) is 0 Å². The first-order chi connectivity index (χ1) is 8.00. The number of carbonyl (C=O) groups is 1. The lowest BCUT2D eigenvalue weighted by Crippen LogP contribution is -2.35. The van der Waals surface area contributed by atoms with Gasteiger partial charge in [0.1, 0.15) is 0 Å². The number of hydrogen-bond acceptors (Lipinski definition) is 3. The van der Waals surface area contributed by atoms with E-state index in [0.717, 1.165) is 12.1 Å². The van der Waals surface area contributed by atoms with Gasteiger partial charge in [0.15, 0.2) is 0 Å². The standard InChI is InChI=1S/C12H22N4O/c1-9(2)11(13)8-12(17)14-6-4-10-5-7-15-16(10)3/h5,7,9,11H,4,6,8,13H2,1-3H3,(H,14,17). The van der Waals surface area contributed by atoms with Crippen LogP contribution < -0.4 is 11.1 Å². The summed E-state index contributed by atoms with van der Waals surface area (Å²) in [6.07, 6.45) is 2.94. The predicted octanol–water partition coefficient (Wildman–Crippen LogP) is 0.452. The van der Waals surface area contributed by atoms with E-state index in [0.29, 0.717) is 18.9 Å². The van der Waals surface area contributed by atoms with Crippen LogP contribution >= 0.6 is 0 Å². The molecule has 0 aliphatic rings. The fourth-order valence-corrected chi connectivity index (χ4v) is 1.50. The fourth-order valence-electron chi connectivity index (χ4n) is 1.50. The molecule has 0 aromatic carbocycles. The van der Waals surface area contributed by atoms with Crippen LogP contribution in [0.1, 0.15) is 26.0 Å². The van der Waals surface area contributed by atoms with E-state index in [1.807, 2.05) is 31.6 Å². The van der Waals surface area contributed by atoms with Gasteiger partial charge in [-0.2, -0.15) is 5.10 Å². The molecule has 0 spiro atoms. The molecule has 0 saturated carbocycles. The summed E-state index contributed by atoms with van der Waals surface area (Å²) in [5, 5.41) is 6.94. The maximum absolute atomic E-state index is 11.6. The van der Waals surface area contributed by atoms with Crippen LogP contribution in [0.3, 0.4) is 0 Å². The smallest absolute Gasteiger partial charge is 0.221 e. The van der Waals surface area contributed by atoms with Crippen molar-refractivity contribution in [2.24, 2.45) is 18.7 Å². The van der Waals surface area contributed by atoms with Crippen LogP contribution in [0.4, 0.5) is 0 Å². The van der Waals surface area contributed by atoms with Crippen molar-refractivity contribution in [1.29, 1.82) is 0 Å². The van der Waals surface area contributed by atoms with Gasteiger partial charge in [-0.05, 0) is 12.0 Å². The van der Waals surface area contributed by atoms with E-state index in [4.69, 9.17) is 5.73 Å². The molecule has 0 aliphatic heterocycles. The Morgan fingerprint density at radius 1 is 1.59 bits per heavy atom. The minimum absolute atomic E-state index is 0.0216. The van der Waals surface area contributed by atoms with Crippen LogP contribution in [-0.2, 0) is 18.3 Å². The number of nitrogens with zero attached hydrogens (tertiary/aromatic N) is 2. The van der Waals surface area contributed by atoms with Crippen LogP contribution in [0.2, 0.25) is 0 Å². The Kier molecular flexibility index (Phi) is 5.15. The van der Waals surface area contributed by atoms with Gasteiger partial charge in [-0.1, -0.05) is 13.8 Å². The lowest BCUT2D eigenvalue weighted by atomic mass is 10.0. The minimum Gasteiger partial charge on any atom is -0.356 e. The van der Waals surface area contributed by atoms with E-state index >= 15 is 0 Å². The number of nitrogens with one attached hydrogen (secondary N) is 1. The van der Waals surface area contributed by atoms with Gasteiger partial charge in [-0.25, -0.2) is 0 Å². The zero-order valence-electron chi connectivity index (χ0n) is 10.8. The number of carbonyl (C=O) groups excluding carboxylic acids is 1. The summed E-state index contributed by atoms with van der Waals surface area (Å²) in [6.45, 7) is 4.67. The molecule has 0 saturated heterocycles. The highest BCUT2D eigenvalue weighted by molar-refractivity contribution is 5.76. The van der Waals surface area contributed by atoms with Crippen molar-refractivity contribution in [3.63, 3.8) is 0 Å². The summed E-state index contributed by atoms with van der Waals surface area (Å²) in [4.78, 5) is 11.6. The van der Waals surface area contributed by atoms with Crippen molar-refractivity contribution in [2.75, 3.05) is 6.54 Å². The molecule has 1 amide bonds. The molecule has 1 atom stereocenters. The van der Waals surface area contributed by atoms with Crippen LogP contribution in [-0.4, -0.2) is 28.3 Å². The highest BCUT2D eigenvalue weighted by Gasteiger charge is 2.12. The summed E-state index contributed by atoms with van der Waals surface area (Å²) < 4.78 is 1.81. The third kappa shape index (κ3) is 4.56. The van der Waals surface area contributed by atoms with Crippen LogP contribution in [0, 0.1) is 5.92 Å². The average molecular weight is 238 g/mol. The summed E-state index contributed by atoms with van der Waals surface area (Å²) >= 11 is 0. The zero-order valence-corrected chi connectivity index (χ0v) is 10.8. The highest BCUT2D eigenvalue weighted by atomic mass is 16.1. The van der Waals surface area contributed by atoms with Crippen molar-refractivity contribution < 1.29 is 4.79 Å². The Labute approximate surface area is 102 Å². The quantitative estimate of drug-likeness (QED) is 0.756. The summed E-state index contributed by atoms with van der Waals surface area (Å²) in [5.74, 6) is 0.353. The maximum Gasteiger partial charge on any atom is 0.221 e. The molecule has 1 heterocycles. The average Bonchev–Trinajstić information content (AvgIpc) is 2.64. The molecule has 1 unspecified atom stereocenters. The Hall–Kier alpha value is -1.36. The van der Waals surface area contributed by atoms with E-state index in [1.54, 1.807) is 6.20 Å². The molecular weight excluding hydrogens is 216 g/mol. The molecule has 5 nitrogen and oxygen atoms in total. The lowest BCUT2D eigenvalue weighted by molar-refractivity contribution is -0.121. The second kappa shape index (κ2) is 6.39. The normalized spacial score (nSPS) is 12.8. The van der Waals surface area contributed by atoms with Crippen molar-refractivity contribution >= 4 is 5.91 Å². The number of amides is 1. The molecule has 0 bridgehead atoms. The molecule has 1 aromatic rings. The van der Waals surface area contributed by atoms with Crippen molar-refractivity contribution in [2.45, 2.75) is 32.7 Å². The number of aromatic nitrogens is 2.